The van der Waals surface area contributed by atoms with Crippen LogP contribution in [0.1, 0.15) is 17.2 Å². The molecular formula is C25H24Cl2N2O7S2. The third-order valence-electron chi connectivity index (χ3n) is 5.89. The van der Waals surface area contributed by atoms with Gasteiger partial charge in [-0.1, -0.05) is 47.5 Å². The minimum atomic E-state index is -3.93. The van der Waals surface area contributed by atoms with Gasteiger partial charge in [0, 0.05) is 24.3 Å². The van der Waals surface area contributed by atoms with Crippen LogP contribution in [0, 0.1) is 5.21 Å². The first-order valence-corrected chi connectivity index (χ1v) is 14.6. The predicted molar refractivity (Wildman–Crippen MR) is 144 cm³/mol. The van der Waals surface area contributed by atoms with Crippen molar-refractivity contribution in [2.45, 2.75) is 22.8 Å². The number of methoxy groups -OCH3 is 2. The molecule has 2 aromatic carbocycles. The maximum atomic E-state index is 13.5. The lowest BCUT2D eigenvalue weighted by atomic mass is 10.0. The van der Waals surface area contributed by atoms with Crippen molar-refractivity contribution in [1.29, 1.82) is 0 Å². The molecule has 1 aliphatic rings. The van der Waals surface area contributed by atoms with Gasteiger partial charge in [0.2, 0.25) is 10.0 Å². The Bertz CT molecular complexity index is 1400. The topological polar surface area (TPSA) is 109 Å². The number of ether oxygens (including phenoxy) is 3. The van der Waals surface area contributed by atoms with Crippen molar-refractivity contribution in [3.05, 3.63) is 87.3 Å². The normalized spacial score (nSPS) is 16.7. The molecule has 13 heteroatoms. The summed E-state index contributed by atoms with van der Waals surface area (Å²) in [6, 6.07) is 12.9. The molecule has 2 heterocycles. The molecule has 3 aromatic rings. The number of carbonyl (C=O) groups is 1. The Balaban J connectivity index is 1.68. The van der Waals surface area contributed by atoms with Gasteiger partial charge in [-0.15, -0.1) is 11.8 Å². The quantitative estimate of drug-likeness (QED) is 0.204. The van der Waals surface area contributed by atoms with Crippen LogP contribution in [-0.2, 0) is 26.0 Å². The summed E-state index contributed by atoms with van der Waals surface area (Å²) in [7, 11) is -0.965. The monoisotopic (exact) mass is 598 g/mol. The maximum absolute atomic E-state index is 13.5. The van der Waals surface area contributed by atoms with Crippen LogP contribution in [0.15, 0.2) is 65.8 Å². The van der Waals surface area contributed by atoms with Crippen LogP contribution in [0.2, 0.25) is 10.0 Å². The van der Waals surface area contributed by atoms with Crippen molar-refractivity contribution in [3.8, 4) is 11.5 Å². The van der Waals surface area contributed by atoms with E-state index in [2.05, 4.69) is 0 Å². The van der Waals surface area contributed by atoms with Crippen molar-refractivity contribution in [2.24, 2.45) is 0 Å². The molecular weight excluding hydrogens is 575 g/mol. The van der Waals surface area contributed by atoms with Gasteiger partial charge in [-0.25, -0.2) is 13.2 Å². The molecule has 1 saturated heterocycles. The Morgan fingerprint density at radius 1 is 1.11 bits per heavy atom. The molecule has 0 spiro atoms. The van der Waals surface area contributed by atoms with E-state index in [4.69, 9.17) is 37.4 Å². The minimum absolute atomic E-state index is 0.0164. The van der Waals surface area contributed by atoms with Crippen LogP contribution < -0.4 is 14.2 Å². The van der Waals surface area contributed by atoms with Gasteiger partial charge in [-0.3, -0.25) is 0 Å². The van der Waals surface area contributed by atoms with E-state index in [1.807, 2.05) is 0 Å². The lowest BCUT2D eigenvalue weighted by Crippen LogP contribution is -2.40. The summed E-state index contributed by atoms with van der Waals surface area (Å²) in [6.07, 6.45) is 1.37. The third kappa shape index (κ3) is 5.97. The molecule has 0 radical (unpaired) electrons. The zero-order valence-electron chi connectivity index (χ0n) is 20.4. The molecule has 38 heavy (non-hydrogen) atoms. The van der Waals surface area contributed by atoms with Crippen LogP contribution in [0.3, 0.4) is 0 Å². The SMILES string of the molecule is COc1ccc([C@H](Cc2c(Cl)c[n+]([O-])cc2Cl)OC(=O)[C@@H]2SCCN2S(=O)(=O)c2ccccc2)cc1OC. The average molecular weight is 600 g/mol. The molecule has 1 fully saturated rings. The third-order valence-corrected chi connectivity index (χ3v) is 9.73. The first kappa shape index (κ1) is 28.3. The van der Waals surface area contributed by atoms with E-state index in [9.17, 15) is 18.4 Å². The number of halogens is 2. The van der Waals surface area contributed by atoms with Gasteiger partial charge in [0.05, 0.1) is 19.1 Å². The lowest BCUT2D eigenvalue weighted by molar-refractivity contribution is -0.605. The Kier molecular flexibility index (Phi) is 8.94. The van der Waals surface area contributed by atoms with Gasteiger partial charge in [-0.2, -0.15) is 9.04 Å². The summed E-state index contributed by atoms with van der Waals surface area (Å²) in [5.41, 5.74) is 0.920. The summed E-state index contributed by atoms with van der Waals surface area (Å²) < 4.78 is 44.8. The smallest absolute Gasteiger partial charge is 0.335 e. The Morgan fingerprint density at radius 3 is 2.39 bits per heavy atom. The predicted octanol–water partition coefficient (Wildman–Crippen LogP) is 4.23. The highest BCUT2D eigenvalue weighted by Gasteiger charge is 2.42. The molecule has 0 bridgehead atoms. The fourth-order valence-corrected chi connectivity index (χ4v) is 7.67. The fourth-order valence-electron chi connectivity index (χ4n) is 4.00. The lowest BCUT2D eigenvalue weighted by Gasteiger charge is -2.25. The first-order chi connectivity index (χ1) is 18.1. The van der Waals surface area contributed by atoms with Crippen molar-refractivity contribution >= 4 is 51.0 Å². The number of rotatable bonds is 9. The number of hydrogen-bond acceptors (Lipinski definition) is 8. The van der Waals surface area contributed by atoms with Crippen LogP contribution in [0.5, 0.6) is 11.5 Å². The largest absolute Gasteiger partial charge is 0.619 e. The molecule has 0 unspecified atom stereocenters. The van der Waals surface area contributed by atoms with Crippen LogP contribution >= 0.6 is 35.0 Å². The highest BCUT2D eigenvalue weighted by molar-refractivity contribution is 8.02. The fraction of sp³-hybridized carbons (Fsp3) is 0.280. The van der Waals surface area contributed by atoms with Crippen molar-refractivity contribution in [3.63, 3.8) is 0 Å². The van der Waals surface area contributed by atoms with Gasteiger partial charge >= 0.3 is 5.97 Å². The van der Waals surface area contributed by atoms with Crippen LogP contribution in [0.4, 0.5) is 0 Å². The van der Waals surface area contributed by atoms with E-state index in [1.165, 1.54) is 38.1 Å². The average Bonchev–Trinajstić information content (AvgIpc) is 3.41. The van der Waals surface area contributed by atoms with Gasteiger partial charge < -0.3 is 19.4 Å². The molecule has 0 amide bonds. The maximum Gasteiger partial charge on any atom is 0.335 e. The molecule has 9 nitrogen and oxygen atoms in total. The Labute approximate surface area is 234 Å². The molecule has 1 aromatic heterocycles. The zero-order valence-corrected chi connectivity index (χ0v) is 23.5. The second-order valence-electron chi connectivity index (χ2n) is 8.19. The van der Waals surface area contributed by atoms with Gasteiger partial charge in [0.25, 0.3) is 0 Å². The number of carbonyl (C=O) groups excluding carboxylic acids is 1. The molecule has 0 saturated carbocycles. The second kappa shape index (κ2) is 12.0. The highest BCUT2D eigenvalue weighted by atomic mass is 35.5. The molecule has 0 N–H and O–H groups in total. The van der Waals surface area contributed by atoms with Gasteiger partial charge in [0.1, 0.15) is 16.1 Å². The first-order valence-electron chi connectivity index (χ1n) is 11.3. The minimum Gasteiger partial charge on any atom is -0.619 e. The zero-order chi connectivity index (χ0) is 27.4. The Hall–Kier alpha value is -2.70. The molecule has 202 valence electrons. The number of benzene rings is 2. The summed E-state index contributed by atoms with van der Waals surface area (Å²) in [4.78, 5) is 13.6. The Morgan fingerprint density at radius 2 is 1.76 bits per heavy atom. The van der Waals surface area contributed by atoms with E-state index < -0.39 is 27.5 Å². The second-order valence-corrected chi connectivity index (χ2v) is 12.1. The van der Waals surface area contributed by atoms with Crippen molar-refractivity contribution < 1.29 is 32.2 Å². The summed E-state index contributed by atoms with van der Waals surface area (Å²) in [5, 5.41) is 10.8. The van der Waals surface area contributed by atoms with Crippen molar-refractivity contribution in [1.82, 2.24) is 4.31 Å². The van der Waals surface area contributed by atoms with E-state index in [0.29, 0.717) is 33.1 Å². The molecule has 1 aliphatic heterocycles. The highest BCUT2D eigenvalue weighted by Crippen LogP contribution is 2.37. The number of sulfonamides is 1. The summed E-state index contributed by atoms with van der Waals surface area (Å²) in [5.74, 6) is 0.550. The van der Waals surface area contributed by atoms with E-state index in [1.54, 1.807) is 36.4 Å². The molecule has 2 atom stereocenters. The standard InChI is InChI=1S/C25H24Cl2N2O7S2/c1-34-21-9-8-16(12-23(21)35-2)22(13-18-19(26)14-28(31)15-20(18)27)36-25(30)24-29(10-11-37-24)38(32,33)17-6-4-3-5-7-17/h3-9,12,14-15,22,24H,10-11,13H2,1-2H3/t22-,24-/m0/s1. The van der Waals surface area contributed by atoms with Gasteiger partial charge in [-0.05, 0) is 29.8 Å². The van der Waals surface area contributed by atoms with Gasteiger partial charge in [0.15, 0.2) is 29.3 Å². The number of nitrogens with zero attached hydrogens (tertiary/aromatic N) is 2. The summed E-state index contributed by atoms with van der Waals surface area (Å²) >= 11 is 13.8. The molecule has 0 aliphatic carbocycles. The summed E-state index contributed by atoms with van der Waals surface area (Å²) in [6.45, 7) is 0.155. The number of pyridine rings is 1. The van der Waals surface area contributed by atoms with E-state index in [-0.39, 0.29) is 27.9 Å². The number of thioether (sulfide) groups is 1. The van der Waals surface area contributed by atoms with Crippen LogP contribution in [-0.4, -0.2) is 50.6 Å². The molecule has 4 rings (SSSR count). The van der Waals surface area contributed by atoms with E-state index in [0.717, 1.165) is 16.7 Å². The number of hydrogen-bond donors (Lipinski definition) is 0. The van der Waals surface area contributed by atoms with Crippen LogP contribution in [0.25, 0.3) is 0 Å². The van der Waals surface area contributed by atoms with E-state index >= 15 is 0 Å². The van der Waals surface area contributed by atoms with Crippen molar-refractivity contribution in [2.75, 3.05) is 26.5 Å². The number of esters is 1. The number of aromatic nitrogens is 1.